The molecule has 0 aliphatic rings. The second-order valence-electron chi connectivity index (χ2n) is 4.54. The molecule has 0 aromatic heterocycles. The first-order chi connectivity index (χ1) is 9.99. The Hall–Kier alpha value is -1.87. The number of nitrogens with zero attached hydrogens (tertiary/aromatic N) is 1. The van der Waals surface area contributed by atoms with Crippen LogP contribution in [-0.2, 0) is 10.0 Å². The van der Waals surface area contributed by atoms with Crippen LogP contribution < -0.4 is 5.73 Å². The Labute approximate surface area is 126 Å². The third-order valence-electron chi connectivity index (χ3n) is 2.80. The summed E-state index contributed by atoms with van der Waals surface area (Å²) in [5, 5.41) is 0. The van der Waals surface area contributed by atoms with E-state index in [4.69, 9.17) is 5.73 Å². The van der Waals surface area contributed by atoms with Gasteiger partial charge in [0.1, 0.15) is 6.54 Å². The molecule has 0 atom stereocenters. The maximum Gasteiger partial charge on any atom is 0.402 e. The molecular formula is C13H15F3N2O3S. The largest absolute Gasteiger partial charge is 0.402 e. The number of carbonyl (C=O) groups excluding carboxylic acids is 1. The van der Waals surface area contributed by atoms with E-state index in [1.54, 1.807) is 0 Å². The number of hydrogen-bond donors (Lipinski definition) is 1. The Morgan fingerprint density at radius 1 is 1.41 bits per heavy atom. The predicted molar refractivity (Wildman–Crippen MR) is 74.7 cm³/mol. The van der Waals surface area contributed by atoms with Crippen molar-refractivity contribution in [3.63, 3.8) is 0 Å². The lowest BCUT2D eigenvalue weighted by Gasteiger charge is -2.22. The summed E-state index contributed by atoms with van der Waals surface area (Å²) in [4.78, 5) is 10.8. The standard InChI is InChI=1S/C13H15F3N2O3S/c1-3-6-18(8-13(14,15)16)22(20,21)10-5-4-9(2)11(7-10)12(17)19/h3-5,7H,1,6,8H2,2H3,(H2,17,19). The molecule has 22 heavy (non-hydrogen) atoms. The second-order valence-corrected chi connectivity index (χ2v) is 6.48. The van der Waals surface area contributed by atoms with E-state index in [-0.39, 0.29) is 9.87 Å². The SMILES string of the molecule is C=CCN(CC(F)(F)F)S(=O)(=O)c1ccc(C)c(C(N)=O)c1. The van der Waals surface area contributed by atoms with Crippen LogP contribution in [0.1, 0.15) is 15.9 Å². The average molecular weight is 336 g/mol. The predicted octanol–water partition coefficient (Wildman–Crippen LogP) is 1.83. The summed E-state index contributed by atoms with van der Waals surface area (Å²) < 4.78 is 62.5. The first-order valence-corrected chi connectivity index (χ1v) is 7.51. The molecule has 9 heteroatoms. The number of alkyl halides is 3. The Balaban J connectivity index is 3.34. The summed E-state index contributed by atoms with van der Waals surface area (Å²) in [7, 11) is -4.43. The molecule has 0 bridgehead atoms. The lowest BCUT2D eigenvalue weighted by molar-refractivity contribution is -0.135. The molecular weight excluding hydrogens is 321 g/mol. The summed E-state index contributed by atoms with van der Waals surface area (Å²) in [6.45, 7) is 2.62. The van der Waals surface area contributed by atoms with Crippen molar-refractivity contribution >= 4 is 15.9 Å². The van der Waals surface area contributed by atoms with Gasteiger partial charge >= 0.3 is 6.18 Å². The smallest absolute Gasteiger partial charge is 0.366 e. The molecule has 122 valence electrons. The lowest BCUT2D eigenvalue weighted by Crippen LogP contribution is -2.39. The number of sulfonamides is 1. The van der Waals surface area contributed by atoms with Gasteiger partial charge in [0.25, 0.3) is 0 Å². The number of hydrogen-bond acceptors (Lipinski definition) is 3. The van der Waals surface area contributed by atoms with E-state index in [0.29, 0.717) is 5.56 Å². The van der Waals surface area contributed by atoms with Gasteiger partial charge in [-0.2, -0.15) is 17.5 Å². The van der Waals surface area contributed by atoms with Crippen molar-refractivity contribution in [3.05, 3.63) is 42.0 Å². The zero-order valence-corrected chi connectivity index (χ0v) is 12.5. The third kappa shape index (κ3) is 4.31. The van der Waals surface area contributed by atoms with Crippen molar-refractivity contribution in [1.29, 1.82) is 0 Å². The zero-order chi connectivity index (χ0) is 17.1. The van der Waals surface area contributed by atoms with Gasteiger partial charge in [-0.25, -0.2) is 8.42 Å². The molecule has 0 fully saturated rings. The Morgan fingerprint density at radius 3 is 2.45 bits per heavy atom. The number of rotatable bonds is 6. The van der Waals surface area contributed by atoms with Crippen molar-refractivity contribution in [1.82, 2.24) is 4.31 Å². The Morgan fingerprint density at radius 2 is 2.00 bits per heavy atom. The normalized spacial score (nSPS) is 12.4. The highest BCUT2D eigenvalue weighted by molar-refractivity contribution is 7.89. The van der Waals surface area contributed by atoms with Gasteiger partial charge in [0.2, 0.25) is 15.9 Å². The molecule has 0 radical (unpaired) electrons. The van der Waals surface area contributed by atoms with Crippen molar-refractivity contribution in [2.45, 2.75) is 18.0 Å². The maximum atomic E-state index is 12.5. The van der Waals surface area contributed by atoms with Gasteiger partial charge in [0, 0.05) is 12.1 Å². The van der Waals surface area contributed by atoms with Crippen LogP contribution in [0.25, 0.3) is 0 Å². The zero-order valence-electron chi connectivity index (χ0n) is 11.7. The van der Waals surface area contributed by atoms with Crippen LogP contribution >= 0.6 is 0 Å². The molecule has 0 aliphatic carbocycles. The van der Waals surface area contributed by atoms with Gasteiger partial charge in [-0.15, -0.1) is 6.58 Å². The van der Waals surface area contributed by atoms with Gasteiger partial charge in [-0.05, 0) is 24.6 Å². The first kappa shape index (κ1) is 18.2. The minimum Gasteiger partial charge on any atom is -0.366 e. The van der Waals surface area contributed by atoms with Crippen molar-refractivity contribution in [2.75, 3.05) is 13.1 Å². The molecule has 1 rings (SSSR count). The molecule has 0 saturated heterocycles. The number of amides is 1. The minimum atomic E-state index is -4.70. The van der Waals surface area contributed by atoms with E-state index in [0.717, 1.165) is 18.2 Å². The molecule has 0 unspecified atom stereocenters. The molecule has 0 spiro atoms. The van der Waals surface area contributed by atoms with Crippen LogP contribution in [0, 0.1) is 6.92 Å². The first-order valence-electron chi connectivity index (χ1n) is 6.07. The number of carbonyl (C=O) groups is 1. The number of nitrogens with two attached hydrogens (primary N) is 1. The number of aryl methyl sites for hydroxylation is 1. The Kier molecular flexibility index (Phi) is 5.36. The summed E-state index contributed by atoms with van der Waals surface area (Å²) in [6, 6.07) is 3.41. The Bertz CT molecular complexity index is 684. The van der Waals surface area contributed by atoms with Crippen LogP contribution in [0.2, 0.25) is 0 Å². The topological polar surface area (TPSA) is 80.5 Å². The fourth-order valence-electron chi connectivity index (χ4n) is 1.77. The number of primary amides is 1. The quantitative estimate of drug-likeness (QED) is 0.805. The third-order valence-corrected chi connectivity index (χ3v) is 4.61. The molecule has 2 N–H and O–H groups in total. The van der Waals surface area contributed by atoms with E-state index in [1.807, 2.05) is 0 Å². The second kappa shape index (κ2) is 6.49. The van der Waals surface area contributed by atoms with Gasteiger partial charge < -0.3 is 5.73 Å². The highest BCUT2D eigenvalue weighted by Crippen LogP contribution is 2.24. The molecule has 5 nitrogen and oxygen atoms in total. The molecule has 1 aromatic carbocycles. The van der Waals surface area contributed by atoms with Gasteiger partial charge in [0.15, 0.2) is 0 Å². The lowest BCUT2D eigenvalue weighted by atomic mass is 10.1. The van der Waals surface area contributed by atoms with Crippen molar-refractivity contribution in [3.8, 4) is 0 Å². The summed E-state index contributed by atoms with van der Waals surface area (Å²) in [6.07, 6.45) is -3.65. The monoisotopic (exact) mass is 336 g/mol. The summed E-state index contributed by atoms with van der Waals surface area (Å²) >= 11 is 0. The van der Waals surface area contributed by atoms with Crippen LogP contribution in [0.5, 0.6) is 0 Å². The average Bonchev–Trinajstić information content (AvgIpc) is 2.36. The van der Waals surface area contributed by atoms with E-state index in [9.17, 15) is 26.4 Å². The van der Waals surface area contributed by atoms with Crippen LogP contribution in [-0.4, -0.2) is 37.9 Å². The molecule has 0 aliphatic heterocycles. The van der Waals surface area contributed by atoms with E-state index < -0.39 is 40.1 Å². The van der Waals surface area contributed by atoms with Gasteiger partial charge in [0.05, 0.1) is 4.90 Å². The molecule has 1 aromatic rings. The highest BCUT2D eigenvalue weighted by atomic mass is 32.2. The number of halogens is 3. The maximum absolute atomic E-state index is 12.5. The molecule has 1 amide bonds. The van der Waals surface area contributed by atoms with Gasteiger partial charge in [-0.1, -0.05) is 12.1 Å². The molecule has 0 saturated carbocycles. The summed E-state index contributed by atoms with van der Waals surface area (Å²) in [5.74, 6) is -0.861. The van der Waals surface area contributed by atoms with E-state index in [1.165, 1.54) is 13.0 Å². The fourth-order valence-corrected chi connectivity index (χ4v) is 3.19. The van der Waals surface area contributed by atoms with Gasteiger partial charge in [-0.3, -0.25) is 4.79 Å². The van der Waals surface area contributed by atoms with Crippen LogP contribution in [0.4, 0.5) is 13.2 Å². The fraction of sp³-hybridized carbons (Fsp3) is 0.308. The molecule has 0 heterocycles. The number of benzene rings is 1. The van der Waals surface area contributed by atoms with Crippen LogP contribution in [0.15, 0.2) is 35.7 Å². The van der Waals surface area contributed by atoms with E-state index >= 15 is 0 Å². The minimum absolute atomic E-state index is 0.0633. The summed E-state index contributed by atoms with van der Waals surface area (Å²) in [5.41, 5.74) is 5.48. The highest BCUT2D eigenvalue weighted by Gasteiger charge is 2.36. The van der Waals surface area contributed by atoms with Crippen molar-refractivity contribution < 1.29 is 26.4 Å². The van der Waals surface area contributed by atoms with E-state index in [2.05, 4.69) is 6.58 Å². The van der Waals surface area contributed by atoms with Crippen molar-refractivity contribution in [2.24, 2.45) is 5.73 Å². The van der Waals surface area contributed by atoms with Crippen LogP contribution in [0.3, 0.4) is 0 Å².